The fourth-order valence-electron chi connectivity index (χ4n) is 4.02. The van der Waals surface area contributed by atoms with Gasteiger partial charge < -0.3 is 15.0 Å². The van der Waals surface area contributed by atoms with Crippen molar-refractivity contribution in [3.05, 3.63) is 71.3 Å². The summed E-state index contributed by atoms with van der Waals surface area (Å²) in [6, 6.07) is 19.2. The number of methoxy groups -OCH3 is 1. The first-order chi connectivity index (χ1) is 13.8. The maximum atomic E-state index is 5.34. The van der Waals surface area contributed by atoms with Gasteiger partial charge in [-0.3, -0.25) is 0 Å². The van der Waals surface area contributed by atoms with E-state index in [0.29, 0.717) is 6.61 Å². The third-order valence-electron chi connectivity index (χ3n) is 5.48. The Kier molecular flexibility index (Phi) is 6.20. The zero-order valence-corrected chi connectivity index (χ0v) is 16.7. The van der Waals surface area contributed by atoms with E-state index in [1.54, 1.807) is 7.11 Å². The van der Waals surface area contributed by atoms with Gasteiger partial charge in [-0.2, -0.15) is 0 Å². The van der Waals surface area contributed by atoms with Crippen molar-refractivity contribution in [1.29, 1.82) is 0 Å². The van der Waals surface area contributed by atoms with Gasteiger partial charge in [0.2, 0.25) is 0 Å². The third kappa shape index (κ3) is 4.34. The van der Waals surface area contributed by atoms with Crippen molar-refractivity contribution >= 4 is 16.7 Å². The van der Waals surface area contributed by atoms with E-state index in [1.807, 2.05) is 0 Å². The van der Waals surface area contributed by atoms with Crippen molar-refractivity contribution in [2.24, 2.45) is 0 Å². The number of nitrogens with one attached hydrogen (secondary N) is 1. The highest BCUT2D eigenvalue weighted by Crippen LogP contribution is 2.26. The molecule has 0 atom stereocenters. The molecule has 2 heterocycles. The second-order valence-corrected chi connectivity index (χ2v) is 7.52. The van der Waals surface area contributed by atoms with Crippen LogP contribution in [0.1, 0.15) is 36.0 Å². The molecule has 0 spiro atoms. The number of pyridine rings is 1. The molecule has 0 bridgehead atoms. The smallest absolute Gasteiger partial charge is 0.133 e. The molecular weight excluding hydrogens is 346 g/mol. The van der Waals surface area contributed by atoms with E-state index in [4.69, 9.17) is 9.72 Å². The molecule has 0 radical (unpaired) electrons. The zero-order chi connectivity index (χ0) is 19.2. The number of piperidine rings is 1. The van der Waals surface area contributed by atoms with Crippen LogP contribution in [0.25, 0.3) is 10.9 Å². The molecule has 4 heteroatoms. The summed E-state index contributed by atoms with van der Waals surface area (Å²) in [5.41, 5.74) is 4.89. The largest absolute Gasteiger partial charge is 0.380 e. The lowest BCUT2D eigenvalue weighted by atomic mass is 10.1. The number of aromatic nitrogens is 1. The molecule has 0 aliphatic carbocycles. The highest BCUT2D eigenvalue weighted by atomic mass is 16.5. The first kappa shape index (κ1) is 18.9. The van der Waals surface area contributed by atoms with E-state index < -0.39 is 0 Å². The summed E-state index contributed by atoms with van der Waals surface area (Å²) in [4.78, 5) is 7.50. The molecular formula is C24H29N3O. The maximum Gasteiger partial charge on any atom is 0.133 e. The molecule has 146 valence electrons. The van der Waals surface area contributed by atoms with E-state index in [9.17, 15) is 0 Å². The zero-order valence-electron chi connectivity index (χ0n) is 16.7. The van der Waals surface area contributed by atoms with Crippen LogP contribution in [0.3, 0.4) is 0 Å². The SMILES string of the molecule is COCc1ccccc1CNCc1cc2ccccc2nc1N1CCCCC1. The molecule has 1 N–H and O–H groups in total. The van der Waals surface area contributed by atoms with Gasteiger partial charge in [-0.05, 0) is 42.5 Å². The first-order valence-electron chi connectivity index (χ1n) is 10.3. The van der Waals surface area contributed by atoms with E-state index >= 15 is 0 Å². The van der Waals surface area contributed by atoms with Crippen molar-refractivity contribution < 1.29 is 4.74 Å². The Labute approximate surface area is 167 Å². The summed E-state index contributed by atoms with van der Waals surface area (Å²) < 4.78 is 5.34. The predicted octanol–water partition coefficient (Wildman–Crippen LogP) is 4.66. The third-order valence-corrected chi connectivity index (χ3v) is 5.48. The lowest BCUT2D eigenvalue weighted by molar-refractivity contribution is 0.184. The second-order valence-electron chi connectivity index (χ2n) is 7.52. The van der Waals surface area contributed by atoms with Crippen LogP contribution >= 0.6 is 0 Å². The molecule has 1 saturated heterocycles. The number of anilines is 1. The van der Waals surface area contributed by atoms with E-state index in [1.165, 1.54) is 41.3 Å². The fourth-order valence-corrected chi connectivity index (χ4v) is 4.02. The monoisotopic (exact) mass is 375 g/mol. The van der Waals surface area contributed by atoms with E-state index in [0.717, 1.165) is 37.5 Å². The van der Waals surface area contributed by atoms with Crippen LogP contribution < -0.4 is 10.2 Å². The number of benzene rings is 2. The summed E-state index contributed by atoms with van der Waals surface area (Å²) in [6.07, 6.45) is 3.84. The molecule has 2 aromatic carbocycles. The van der Waals surface area contributed by atoms with Gasteiger partial charge >= 0.3 is 0 Å². The summed E-state index contributed by atoms with van der Waals surface area (Å²) in [5.74, 6) is 1.15. The number of hydrogen-bond acceptors (Lipinski definition) is 4. The van der Waals surface area contributed by atoms with Crippen molar-refractivity contribution in [2.45, 2.75) is 39.0 Å². The standard InChI is InChI=1S/C24H29N3O/c1-28-18-21-11-4-3-10-20(21)16-25-17-22-15-19-9-5-6-12-23(19)26-24(22)27-13-7-2-8-14-27/h3-6,9-12,15,25H,2,7-8,13-14,16-18H2,1H3. The Hall–Kier alpha value is -2.43. The highest BCUT2D eigenvalue weighted by Gasteiger charge is 2.17. The minimum absolute atomic E-state index is 0.647. The maximum absolute atomic E-state index is 5.34. The van der Waals surface area contributed by atoms with Gasteiger partial charge in [-0.1, -0.05) is 42.5 Å². The van der Waals surface area contributed by atoms with E-state index in [-0.39, 0.29) is 0 Å². The van der Waals surface area contributed by atoms with Gasteiger partial charge in [0.05, 0.1) is 12.1 Å². The average molecular weight is 376 g/mol. The molecule has 0 saturated carbocycles. The summed E-state index contributed by atoms with van der Waals surface area (Å²) in [7, 11) is 1.75. The molecule has 28 heavy (non-hydrogen) atoms. The van der Waals surface area contributed by atoms with Crippen LogP contribution in [0.5, 0.6) is 0 Å². The quantitative estimate of drug-likeness (QED) is 0.652. The topological polar surface area (TPSA) is 37.4 Å². The van der Waals surface area contributed by atoms with Crippen LogP contribution in [0.15, 0.2) is 54.6 Å². The van der Waals surface area contributed by atoms with Crippen molar-refractivity contribution in [2.75, 3.05) is 25.1 Å². The predicted molar refractivity (Wildman–Crippen MR) is 116 cm³/mol. The van der Waals surface area contributed by atoms with Gasteiger partial charge in [0, 0.05) is 44.2 Å². The van der Waals surface area contributed by atoms with Crippen LogP contribution in [-0.2, 0) is 24.4 Å². The Bertz CT molecular complexity index is 919. The van der Waals surface area contributed by atoms with Crippen molar-refractivity contribution in [1.82, 2.24) is 10.3 Å². The lowest BCUT2D eigenvalue weighted by Gasteiger charge is -2.30. The summed E-state index contributed by atoms with van der Waals surface area (Å²) in [6.45, 7) is 4.50. The number of ether oxygens (including phenoxy) is 1. The van der Waals surface area contributed by atoms with Crippen LogP contribution in [-0.4, -0.2) is 25.2 Å². The lowest BCUT2D eigenvalue weighted by Crippen LogP contribution is -2.31. The Morgan fingerprint density at radius 1 is 0.893 bits per heavy atom. The Morgan fingerprint density at radius 3 is 2.43 bits per heavy atom. The molecule has 0 unspecified atom stereocenters. The number of rotatable bonds is 7. The minimum Gasteiger partial charge on any atom is -0.380 e. The molecule has 0 amide bonds. The van der Waals surface area contributed by atoms with E-state index in [2.05, 4.69) is 64.8 Å². The number of para-hydroxylation sites is 1. The molecule has 4 rings (SSSR count). The first-order valence-corrected chi connectivity index (χ1v) is 10.3. The molecule has 4 nitrogen and oxygen atoms in total. The van der Waals surface area contributed by atoms with Gasteiger partial charge in [-0.25, -0.2) is 4.98 Å². The van der Waals surface area contributed by atoms with Gasteiger partial charge in [0.15, 0.2) is 0 Å². The summed E-state index contributed by atoms with van der Waals surface area (Å²) >= 11 is 0. The van der Waals surface area contributed by atoms with Crippen LogP contribution in [0.4, 0.5) is 5.82 Å². The minimum atomic E-state index is 0.647. The van der Waals surface area contributed by atoms with Gasteiger partial charge in [-0.15, -0.1) is 0 Å². The molecule has 1 aliphatic rings. The molecule has 1 fully saturated rings. The fraction of sp³-hybridized carbons (Fsp3) is 0.375. The van der Waals surface area contributed by atoms with Crippen molar-refractivity contribution in [3.8, 4) is 0 Å². The Balaban J connectivity index is 1.55. The second kappa shape index (κ2) is 9.18. The normalized spacial score (nSPS) is 14.5. The highest BCUT2D eigenvalue weighted by molar-refractivity contribution is 5.81. The number of hydrogen-bond donors (Lipinski definition) is 1. The molecule has 1 aromatic heterocycles. The Morgan fingerprint density at radius 2 is 1.61 bits per heavy atom. The van der Waals surface area contributed by atoms with Gasteiger partial charge in [0.1, 0.15) is 5.82 Å². The number of fused-ring (bicyclic) bond motifs is 1. The summed E-state index contributed by atoms with van der Waals surface area (Å²) in [5, 5.41) is 4.85. The number of nitrogens with zero attached hydrogens (tertiary/aromatic N) is 2. The van der Waals surface area contributed by atoms with Crippen LogP contribution in [0, 0.1) is 0 Å². The molecule has 3 aromatic rings. The average Bonchev–Trinajstić information content (AvgIpc) is 2.75. The van der Waals surface area contributed by atoms with Gasteiger partial charge in [0.25, 0.3) is 0 Å². The van der Waals surface area contributed by atoms with Crippen molar-refractivity contribution in [3.63, 3.8) is 0 Å². The molecule has 1 aliphatic heterocycles. The van der Waals surface area contributed by atoms with Crippen LogP contribution in [0.2, 0.25) is 0 Å².